The summed E-state index contributed by atoms with van der Waals surface area (Å²) in [5.41, 5.74) is 0.644. The zero-order valence-electron chi connectivity index (χ0n) is 15.1. The standard InChI is InChI=1S/C19H16F2N6O2/c20-15-4-3-12(8-16(15)21)19(28)22-5-6-27-18-14(10-26-27)17(24-11-25-18)23-9-13-2-1-7-29-13/h1-4,7-8,10-11H,5-6,9H2,(H,22,28)(H,23,24,25). The van der Waals surface area contributed by atoms with Gasteiger partial charge in [-0.15, -0.1) is 0 Å². The molecule has 3 aromatic heterocycles. The second-order valence-corrected chi connectivity index (χ2v) is 6.14. The predicted octanol–water partition coefficient (Wildman–Crippen LogP) is 2.74. The highest BCUT2D eigenvalue weighted by Crippen LogP contribution is 2.19. The van der Waals surface area contributed by atoms with Gasteiger partial charge in [-0.25, -0.2) is 23.4 Å². The number of rotatable bonds is 7. The molecule has 0 aliphatic rings. The van der Waals surface area contributed by atoms with Crippen LogP contribution in [0, 0.1) is 11.6 Å². The molecular weight excluding hydrogens is 382 g/mol. The van der Waals surface area contributed by atoms with E-state index < -0.39 is 17.5 Å². The van der Waals surface area contributed by atoms with Crippen molar-refractivity contribution in [2.75, 3.05) is 11.9 Å². The largest absolute Gasteiger partial charge is 0.467 e. The highest BCUT2D eigenvalue weighted by Gasteiger charge is 2.12. The summed E-state index contributed by atoms with van der Waals surface area (Å²) < 4.78 is 33.1. The molecule has 0 spiro atoms. The Morgan fingerprint density at radius 1 is 1.17 bits per heavy atom. The number of fused-ring (bicyclic) bond motifs is 1. The van der Waals surface area contributed by atoms with E-state index in [4.69, 9.17) is 4.42 Å². The monoisotopic (exact) mass is 398 g/mol. The molecule has 0 radical (unpaired) electrons. The Labute approximate surface area is 163 Å². The van der Waals surface area contributed by atoms with Crippen LogP contribution in [0.25, 0.3) is 11.0 Å². The molecule has 8 nitrogen and oxygen atoms in total. The molecule has 1 amide bonds. The van der Waals surface area contributed by atoms with Gasteiger partial charge in [0, 0.05) is 12.1 Å². The Bertz CT molecular complexity index is 1140. The first-order valence-corrected chi connectivity index (χ1v) is 8.78. The van der Waals surface area contributed by atoms with Gasteiger partial charge in [-0.05, 0) is 30.3 Å². The number of carbonyl (C=O) groups is 1. The van der Waals surface area contributed by atoms with Gasteiger partial charge in [0.15, 0.2) is 17.3 Å². The van der Waals surface area contributed by atoms with Crippen molar-refractivity contribution in [3.63, 3.8) is 0 Å². The lowest BCUT2D eigenvalue weighted by Gasteiger charge is -2.07. The van der Waals surface area contributed by atoms with E-state index in [0.29, 0.717) is 24.6 Å². The van der Waals surface area contributed by atoms with Crippen LogP contribution >= 0.6 is 0 Å². The summed E-state index contributed by atoms with van der Waals surface area (Å²) in [5.74, 6) is -1.19. The van der Waals surface area contributed by atoms with Crippen LogP contribution in [-0.4, -0.2) is 32.2 Å². The first-order valence-electron chi connectivity index (χ1n) is 8.78. The summed E-state index contributed by atoms with van der Waals surface area (Å²) in [5, 5.41) is 10.8. The highest BCUT2D eigenvalue weighted by molar-refractivity contribution is 5.94. The van der Waals surface area contributed by atoms with Gasteiger partial charge in [0.1, 0.15) is 17.9 Å². The third kappa shape index (κ3) is 4.05. The molecule has 2 N–H and O–H groups in total. The van der Waals surface area contributed by atoms with E-state index in [9.17, 15) is 13.6 Å². The molecule has 0 unspecified atom stereocenters. The van der Waals surface area contributed by atoms with Gasteiger partial charge >= 0.3 is 0 Å². The van der Waals surface area contributed by atoms with Crippen LogP contribution < -0.4 is 10.6 Å². The van der Waals surface area contributed by atoms with Crippen molar-refractivity contribution in [3.05, 3.63) is 72.1 Å². The van der Waals surface area contributed by atoms with Crippen molar-refractivity contribution < 1.29 is 18.0 Å². The molecule has 0 bridgehead atoms. The maximum Gasteiger partial charge on any atom is 0.251 e. The average molecular weight is 398 g/mol. The molecule has 4 rings (SSSR count). The van der Waals surface area contributed by atoms with E-state index in [-0.39, 0.29) is 12.1 Å². The Morgan fingerprint density at radius 2 is 2.07 bits per heavy atom. The van der Waals surface area contributed by atoms with E-state index >= 15 is 0 Å². The van der Waals surface area contributed by atoms with Crippen molar-refractivity contribution in [2.24, 2.45) is 0 Å². The Kier molecular flexibility index (Phi) is 5.14. The smallest absolute Gasteiger partial charge is 0.251 e. The number of benzene rings is 1. The molecular formula is C19H16F2N6O2. The van der Waals surface area contributed by atoms with E-state index in [1.54, 1.807) is 23.2 Å². The number of hydrogen-bond acceptors (Lipinski definition) is 6. The second-order valence-electron chi connectivity index (χ2n) is 6.14. The zero-order valence-corrected chi connectivity index (χ0v) is 15.1. The van der Waals surface area contributed by atoms with Crippen molar-refractivity contribution in [2.45, 2.75) is 13.1 Å². The van der Waals surface area contributed by atoms with Gasteiger partial charge in [0.2, 0.25) is 0 Å². The first kappa shape index (κ1) is 18.5. The molecule has 0 aliphatic carbocycles. The molecule has 10 heteroatoms. The van der Waals surface area contributed by atoms with Crippen LogP contribution in [0.1, 0.15) is 16.1 Å². The van der Waals surface area contributed by atoms with Gasteiger partial charge < -0.3 is 15.1 Å². The van der Waals surface area contributed by atoms with E-state index in [1.165, 1.54) is 12.4 Å². The number of halogens is 2. The number of anilines is 1. The molecule has 0 saturated carbocycles. The second kappa shape index (κ2) is 8.05. The molecule has 3 heterocycles. The lowest BCUT2D eigenvalue weighted by atomic mass is 10.2. The summed E-state index contributed by atoms with van der Waals surface area (Å²) in [6, 6.07) is 6.66. The number of hydrogen-bond donors (Lipinski definition) is 2. The number of amides is 1. The number of aromatic nitrogens is 4. The molecule has 4 aromatic rings. The van der Waals surface area contributed by atoms with Crippen molar-refractivity contribution >= 4 is 22.8 Å². The van der Waals surface area contributed by atoms with Crippen LogP contribution in [0.4, 0.5) is 14.6 Å². The van der Waals surface area contributed by atoms with Gasteiger partial charge in [-0.1, -0.05) is 0 Å². The van der Waals surface area contributed by atoms with Crippen LogP contribution in [0.15, 0.2) is 53.5 Å². The van der Waals surface area contributed by atoms with E-state index in [0.717, 1.165) is 23.3 Å². The number of carbonyl (C=O) groups excluding carboxylic acids is 1. The summed E-state index contributed by atoms with van der Waals surface area (Å²) in [4.78, 5) is 20.6. The fourth-order valence-electron chi connectivity index (χ4n) is 2.80. The van der Waals surface area contributed by atoms with E-state index in [1.807, 2.05) is 6.07 Å². The summed E-state index contributed by atoms with van der Waals surface area (Å²) in [6.45, 7) is 1.04. The number of furan rings is 1. The molecule has 1 aromatic carbocycles. The quantitative estimate of drug-likeness (QED) is 0.497. The third-order valence-corrected chi connectivity index (χ3v) is 4.23. The van der Waals surface area contributed by atoms with Crippen molar-refractivity contribution in [3.8, 4) is 0 Å². The fraction of sp³-hybridized carbons (Fsp3) is 0.158. The van der Waals surface area contributed by atoms with E-state index in [2.05, 4.69) is 25.7 Å². The molecule has 0 aliphatic heterocycles. The van der Waals surface area contributed by atoms with Gasteiger partial charge in [0.05, 0.1) is 30.9 Å². The SMILES string of the molecule is O=C(NCCn1ncc2c(NCc3ccco3)ncnc21)c1ccc(F)c(F)c1. The van der Waals surface area contributed by atoms with Crippen molar-refractivity contribution in [1.82, 2.24) is 25.1 Å². The zero-order chi connectivity index (χ0) is 20.2. The first-order chi connectivity index (χ1) is 14.1. The summed E-state index contributed by atoms with van der Waals surface area (Å²) in [7, 11) is 0. The maximum absolute atomic E-state index is 13.3. The topological polar surface area (TPSA) is 97.9 Å². The van der Waals surface area contributed by atoms with Crippen LogP contribution in [-0.2, 0) is 13.1 Å². The highest BCUT2D eigenvalue weighted by atomic mass is 19.2. The Morgan fingerprint density at radius 3 is 2.86 bits per heavy atom. The molecule has 29 heavy (non-hydrogen) atoms. The molecule has 0 atom stereocenters. The third-order valence-electron chi connectivity index (χ3n) is 4.23. The average Bonchev–Trinajstić information content (AvgIpc) is 3.39. The van der Waals surface area contributed by atoms with Gasteiger partial charge in [-0.2, -0.15) is 5.10 Å². The van der Waals surface area contributed by atoms with Crippen LogP contribution in [0.2, 0.25) is 0 Å². The Balaban J connectivity index is 1.40. The molecule has 0 saturated heterocycles. The minimum absolute atomic E-state index is 0.0426. The Hall–Kier alpha value is -3.82. The maximum atomic E-state index is 13.3. The van der Waals surface area contributed by atoms with Crippen LogP contribution in [0.3, 0.4) is 0 Å². The predicted molar refractivity (Wildman–Crippen MR) is 100 cm³/mol. The molecule has 0 fully saturated rings. The summed E-state index contributed by atoms with van der Waals surface area (Å²) in [6.07, 6.45) is 4.65. The number of nitrogens with one attached hydrogen (secondary N) is 2. The fourth-order valence-corrected chi connectivity index (χ4v) is 2.80. The molecule has 148 valence electrons. The summed E-state index contributed by atoms with van der Waals surface area (Å²) >= 11 is 0. The minimum atomic E-state index is -1.07. The minimum Gasteiger partial charge on any atom is -0.467 e. The number of nitrogens with zero attached hydrogens (tertiary/aromatic N) is 4. The van der Waals surface area contributed by atoms with Crippen LogP contribution in [0.5, 0.6) is 0 Å². The lowest BCUT2D eigenvalue weighted by molar-refractivity contribution is 0.0951. The van der Waals surface area contributed by atoms with Gasteiger partial charge in [-0.3, -0.25) is 4.79 Å². The lowest BCUT2D eigenvalue weighted by Crippen LogP contribution is -2.27. The van der Waals surface area contributed by atoms with Gasteiger partial charge in [0.25, 0.3) is 5.91 Å². The van der Waals surface area contributed by atoms with Crippen molar-refractivity contribution in [1.29, 1.82) is 0 Å². The normalized spacial score (nSPS) is 11.0.